The van der Waals surface area contributed by atoms with Gasteiger partial charge >= 0.3 is 0 Å². The van der Waals surface area contributed by atoms with Crippen molar-refractivity contribution in [3.05, 3.63) is 57.0 Å². The van der Waals surface area contributed by atoms with Crippen molar-refractivity contribution in [3.63, 3.8) is 0 Å². The van der Waals surface area contributed by atoms with Gasteiger partial charge in [-0.25, -0.2) is 4.68 Å². The summed E-state index contributed by atoms with van der Waals surface area (Å²) < 4.78 is 3.16. The molecule has 3 rings (SSSR count). The minimum Gasteiger partial charge on any atom is -0.350 e. The predicted molar refractivity (Wildman–Crippen MR) is 115 cm³/mol. The first kappa shape index (κ1) is 21.0. The highest BCUT2D eigenvalue weighted by Crippen LogP contribution is 2.21. The van der Waals surface area contributed by atoms with Gasteiger partial charge < -0.3 is 5.32 Å². The molecular weight excluding hydrogens is 386 g/mol. The van der Waals surface area contributed by atoms with Crippen molar-refractivity contribution in [3.8, 4) is 10.6 Å². The van der Waals surface area contributed by atoms with E-state index in [4.69, 9.17) is 0 Å². The molecule has 3 heterocycles. The highest BCUT2D eigenvalue weighted by molar-refractivity contribution is 7.13. The third-order valence-corrected chi connectivity index (χ3v) is 6.09. The van der Waals surface area contributed by atoms with E-state index in [1.54, 1.807) is 22.1 Å². The molecule has 1 N–H and O–H groups in total. The summed E-state index contributed by atoms with van der Waals surface area (Å²) in [5.74, 6) is 0.0111. The normalized spacial score (nSPS) is 12.3. The van der Waals surface area contributed by atoms with Crippen LogP contribution in [0.3, 0.4) is 0 Å². The van der Waals surface area contributed by atoms with E-state index in [1.807, 2.05) is 52.1 Å². The maximum absolute atomic E-state index is 12.7. The Bertz CT molecular complexity index is 1050. The molecule has 154 valence electrons. The molecular formula is C21H27N5O2S. The fourth-order valence-corrected chi connectivity index (χ4v) is 3.76. The van der Waals surface area contributed by atoms with Gasteiger partial charge in [0.1, 0.15) is 12.2 Å². The zero-order chi connectivity index (χ0) is 21.1. The number of hydrogen-bond acceptors (Lipinski definition) is 5. The van der Waals surface area contributed by atoms with E-state index in [0.29, 0.717) is 6.54 Å². The van der Waals surface area contributed by atoms with E-state index in [1.165, 1.54) is 10.7 Å². The number of carbonyl (C=O) groups excluding carboxylic acids is 1. The maximum atomic E-state index is 12.7. The Hall–Kier alpha value is -2.74. The SMILES string of the molecule is Cc1nn(CC(=O)N[C@H](Cn2nc(-c3cccs3)ccc2=O)C(C)C)c(C)c1C. The first-order valence-corrected chi connectivity index (χ1v) is 10.6. The van der Waals surface area contributed by atoms with Gasteiger partial charge in [0.2, 0.25) is 5.91 Å². The zero-order valence-corrected chi connectivity index (χ0v) is 18.3. The Labute approximate surface area is 174 Å². The molecule has 1 atom stereocenters. The lowest BCUT2D eigenvalue weighted by Crippen LogP contribution is -2.45. The molecule has 0 aliphatic carbocycles. The van der Waals surface area contributed by atoms with Crippen molar-refractivity contribution in [1.29, 1.82) is 0 Å². The molecule has 0 aliphatic heterocycles. The smallest absolute Gasteiger partial charge is 0.266 e. The fraction of sp³-hybridized carbons (Fsp3) is 0.429. The Morgan fingerprint density at radius 1 is 1.14 bits per heavy atom. The Kier molecular flexibility index (Phi) is 6.32. The number of nitrogens with one attached hydrogen (secondary N) is 1. The third kappa shape index (κ3) is 4.82. The standard InChI is InChI=1S/C21H27N5O2S/c1-13(2)18(22-20(27)12-25-16(5)14(3)15(4)23-25)11-26-21(28)9-8-17(24-26)19-7-6-10-29-19/h6-10,13,18H,11-12H2,1-5H3,(H,22,27)/t18-/m1/s1. The van der Waals surface area contributed by atoms with Crippen LogP contribution in [0.15, 0.2) is 34.4 Å². The minimum absolute atomic E-state index is 0.128. The maximum Gasteiger partial charge on any atom is 0.266 e. The van der Waals surface area contributed by atoms with E-state index in [9.17, 15) is 9.59 Å². The molecule has 3 aromatic heterocycles. The summed E-state index contributed by atoms with van der Waals surface area (Å²) in [6.45, 7) is 10.4. The van der Waals surface area contributed by atoms with Crippen molar-refractivity contribution in [2.75, 3.05) is 0 Å². The number of thiophene rings is 1. The van der Waals surface area contributed by atoms with Gasteiger partial charge in [0.25, 0.3) is 5.56 Å². The first-order chi connectivity index (χ1) is 13.8. The Balaban J connectivity index is 1.75. The van der Waals surface area contributed by atoms with Crippen LogP contribution in [0.1, 0.15) is 30.8 Å². The van der Waals surface area contributed by atoms with Gasteiger partial charge in [-0.15, -0.1) is 11.3 Å². The number of nitrogens with zero attached hydrogens (tertiary/aromatic N) is 4. The molecule has 8 heteroatoms. The quantitative estimate of drug-likeness (QED) is 0.646. The van der Waals surface area contributed by atoms with Crippen LogP contribution in [-0.4, -0.2) is 31.5 Å². The van der Waals surface area contributed by atoms with Crippen LogP contribution < -0.4 is 10.9 Å². The van der Waals surface area contributed by atoms with Gasteiger partial charge in [-0.05, 0) is 49.8 Å². The molecule has 0 fully saturated rings. The second kappa shape index (κ2) is 8.73. The van der Waals surface area contributed by atoms with Crippen LogP contribution >= 0.6 is 11.3 Å². The average Bonchev–Trinajstić information content (AvgIpc) is 3.28. The number of rotatable bonds is 7. The van der Waals surface area contributed by atoms with Gasteiger partial charge in [0, 0.05) is 11.8 Å². The molecule has 0 aromatic carbocycles. The first-order valence-electron chi connectivity index (χ1n) is 9.68. The van der Waals surface area contributed by atoms with E-state index < -0.39 is 0 Å². The number of carbonyl (C=O) groups is 1. The Morgan fingerprint density at radius 2 is 1.90 bits per heavy atom. The van der Waals surface area contributed by atoms with Crippen molar-refractivity contribution in [1.82, 2.24) is 24.9 Å². The zero-order valence-electron chi connectivity index (χ0n) is 17.5. The van der Waals surface area contributed by atoms with Crippen LogP contribution in [0.5, 0.6) is 0 Å². The molecule has 7 nitrogen and oxygen atoms in total. The van der Waals surface area contributed by atoms with E-state index in [2.05, 4.69) is 15.5 Å². The lowest BCUT2D eigenvalue weighted by molar-refractivity contribution is -0.123. The van der Waals surface area contributed by atoms with Gasteiger partial charge in [0.05, 0.1) is 23.2 Å². The topological polar surface area (TPSA) is 81.8 Å². The lowest BCUT2D eigenvalue weighted by atomic mass is 10.0. The summed E-state index contributed by atoms with van der Waals surface area (Å²) in [6, 6.07) is 6.97. The largest absolute Gasteiger partial charge is 0.350 e. The van der Waals surface area contributed by atoms with Crippen LogP contribution in [0.2, 0.25) is 0 Å². The van der Waals surface area contributed by atoms with E-state index >= 15 is 0 Å². The molecule has 0 bridgehead atoms. The molecule has 3 aromatic rings. The second-order valence-corrected chi connectivity index (χ2v) is 8.54. The van der Waals surface area contributed by atoms with E-state index in [0.717, 1.165) is 27.5 Å². The minimum atomic E-state index is -0.218. The number of amides is 1. The van der Waals surface area contributed by atoms with Crippen molar-refractivity contribution in [2.45, 2.75) is 53.8 Å². The molecule has 1 amide bonds. The van der Waals surface area contributed by atoms with Crippen LogP contribution in [0.4, 0.5) is 0 Å². The van der Waals surface area contributed by atoms with Crippen LogP contribution in [0, 0.1) is 26.7 Å². The van der Waals surface area contributed by atoms with E-state index in [-0.39, 0.29) is 30.0 Å². The molecule has 0 unspecified atom stereocenters. The predicted octanol–water partition coefficient (Wildman–Crippen LogP) is 2.93. The molecule has 0 aliphatic rings. The summed E-state index contributed by atoms with van der Waals surface area (Å²) in [7, 11) is 0. The summed E-state index contributed by atoms with van der Waals surface area (Å²) >= 11 is 1.57. The number of hydrogen-bond donors (Lipinski definition) is 1. The van der Waals surface area contributed by atoms with Gasteiger partial charge in [-0.1, -0.05) is 19.9 Å². The second-order valence-electron chi connectivity index (χ2n) is 7.59. The number of aryl methyl sites for hydroxylation is 1. The Morgan fingerprint density at radius 3 is 2.48 bits per heavy atom. The van der Waals surface area contributed by atoms with Crippen LogP contribution in [-0.2, 0) is 17.9 Å². The molecule has 29 heavy (non-hydrogen) atoms. The highest BCUT2D eigenvalue weighted by atomic mass is 32.1. The molecule has 0 saturated carbocycles. The molecule has 0 radical (unpaired) electrons. The summed E-state index contributed by atoms with van der Waals surface area (Å²) in [4.78, 5) is 26.0. The third-order valence-electron chi connectivity index (χ3n) is 5.20. The van der Waals surface area contributed by atoms with Crippen molar-refractivity contribution in [2.24, 2.45) is 5.92 Å². The van der Waals surface area contributed by atoms with Crippen LogP contribution in [0.25, 0.3) is 10.6 Å². The molecule has 0 saturated heterocycles. The monoisotopic (exact) mass is 413 g/mol. The summed E-state index contributed by atoms with van der Waals surface area (Å²) in [5, 5.41) is 14.0. The summed E-state index contributed by atoms with van der Waals surface area (Å²) in [6.07, 6.45) is 0. The van der Waals surface area contributed by atoms with Gasteiger partial charge in [-0.2, -0.15) is 10.2 Å². The molecule has 0 spiro atoms. The van der Waals surface area contributed by atoms with Crippen molar-refractivity contribution < 1.29 is 4.79 Å². The number of aromatic nitrogens is 4. The lowest BCUT2D eigenvalue weighted by Gasteiger charge is -2.23. The van der Waals surface area contributed by atoms with Gasteiger partial charge in [0.15, 0.2) is 0 Å². The van der Waals surface area contributed by atoms with Crippen molar-refractivity contribution >= 4 is 17.2 Å². The summed E-state index contributed by atoms with van der Waals surface area (Å²) in [5.41, 5.74) is 3.59. The average molecular weight is 414 g/mol. The van der Waals surface area contributed by atoms with Gasteiger partial charge in [-0.3, -0.25) is 14.3 Å². The fourth-order valence-electron chi connectivity index (χ4n) is 3.07. The highest BCUT2D eigenvalue weighted by Gasteiger charge is 2.20.